The van der Waals surface area contributed by atoms with Crippen LogP contribution in [-0.4, -0.2) is 0 Å². The summed E-state index contributed by atoms with van der Waals surface area (Å²) < 4.78 is 0. The maximum Gasteiger partial charge on any atom is 0.158 e. The van der Waals surface area contributed by atoms with Gasteiger partial charge in [0.1, 0.15) is 0 Å². The second-order valence-electron chi connectivity index (χ2n) is 2.78. The first-order valence-corrected chi connectivity index (χ1v) is 6.16. The van der Waals surface area contributed by atoms with Crippen molar-refractivity contribution in [2.75, 3.05) is 0 Å². The van der Waals surface area contributed by atoms with Gasteiger partial charge in [0.25, 0.3) is 0 Å². The second kappa shape index (κ2) is 7.13. The summed E-state index contributed by atoms with van der Waals surface area (Å²) >= 11 is 1.28. The normalized spacial score (nSPS) is 8.93. The molecule has 0 atom stereocenters. The smallest absolute Gasteiger partial charge is 0.0683 e. The Hall–Kier alpha value is -1.21. The van der Waals surface area contributed by atoms with Crippen LogP contribution in [0.2, 0.25) is 0 Å². The summed E-state index contributed by atoms with van der Waals surface area (Å²) in [5, 5.41) is 0. The van der Waals surface area contributed by atoms with Crippen molar-refractivity contribution in [2.24, 2.45) is 0 Å². The van der Waals surface area contributed by atoms with Gasteiger partial charge in [-0.2, -0.15) is 0 Å². The zero-order chi connectivity index (χ0) is 10.9. The molecule has 0 amide bonds. The zero-order valence-corrected chi connectivity index (χ0v) is 10.1. The average molecular weight is 217 g/mol. The van der Waals surface area contributed by atoms with Crippen LogP contribution < -0.4 is 0 Å². The van der Waals surface area contributed by atoms with Gasteiger partial charge in [0.2, 0.25) is 0 Å². The molecule has 2 aromatic rings. The van der Waals surface area contributed by atoms with Crippen LogP contribution in [0, 0.1) is 0 Å². The maximum atomic E-state index is 2.15. The summed E-state index contributed by atoms with van der Waals surface area (Å²) in [4.78, 5) is 2.68. The summed E-state index contributed by atoms with van der Waals surface area (Å²) in [6.07, 6.45) is 0. The van der Waals surface area contributed by atoms with Gasteiger partial charge in [-0.3, -0.25) is 0 Å². The van der Waals surface area contributed by atoms with Crippen LogP contribution in [0.15, 0.2) is 70.5 Å². The lowest BCUT2D eigenvalue weighted by atomic mass is 10.4. The Balaban J connectivity index is 0.000000531. The molecular formula is C14H17S+. The first kappa shape index (κ1) is 11.9. The van der Waals surface area contributed by atoms with E-state index in [0.29, 0.717) is 0 Å². The Morgan fingerprint density at radius 1 is 0.600 bits per heavy atom. The van der Waals surface area contributed by atoms with E-state index in [4.69, 9.17) is 0 Å². The molecule has 2 rings (SSSR count). The van der Waals surface area contributed by atoms with Gasteiger partial charge in [0.15, 0.2) is 9.79 Å². The van der Waals surface area contributed by atoms with Crippen molar-refractivity contribution in [1.82, 2.24) is 0 Å². The van der Waals surface area contributed by atoms with Crippen LogP contribution >= 0.6 is 0 Å². The lowest BCUT2D eigenvalue weighted by Crippen LogP contribution is -1.82. The van der Waals surface area contributed by atoms with Crippen molar-refractivity contribution in [1.29, 1.82) is 0 Å². The van der Waals surface area contributed by atoms with Crippen LogP contribution in [0.3, 0.4) is 0 Å². The van der Waals surface area contributed by atoms with E-state index >= 15 is 0 Å². The largest absolute Gasteiger partial charge is 0.158 e. The van der Waals surface area contributed by atoms with Gasteiger partial charge < -0.3 is 0 Å². The van der Waals surface area contributed by atoms with E-state index in [9.17, 15) is 0 Å². The first-order valence-electron chi connectivity index (χ1n) is 5.27. The van der Waals surface area contributed by atoms with Crippen molar-refractivity contribution < 1.29 is 0 Å². The highest BCUT2D eigenvalue weighted by atomic mass is 32.2. The number of rotatable bonds is 2. The molecule has 0 saturated carbocycles. The molecule has 0 bridgehead atoms. The van der Waals surface area contributed by atoms with Crippen molar-refractivity contribution in [3.63, 3.8) is 0 Å². The zero-order valence-electron chi connectivity index (χ0n) is 9.22. The first-order chi connectivity index (χ1) is 7.45. The molecular weight excluding hydrogens is 200 g/mol. The van der Waals surface area contributed by atoms with Gasteiger partial charge in [-0.05, 0) is 24.3 Å². The molecule has 0 spiro atoms. The van der Waals surface area contributed by atoms with E-state index in [1.165, 1.54) is 21.6 Å². The topological polar surface area (TPSA) is 0 Å². The predicted octanol–water partition coefficient (Wildman–Crippen LogP) is 3.95. The van der Waals surface area contributed by atoms with Gasteiger partial charge in [-0.25, -0.2) is 0 Å². The molecule has 0 unspecified atom stereocenters. The lowest BCUT2D eigenvalue weighted by Gasteiger charge is -1.90. The minimum Gasteiger partial charge on any atom is -0.0683 e. The van der Waals surface area contributed by atoms with Crippen LogP contribution in [0.5, 0.6) is 0 Å². The van der Waals surface area contributed by atoms with E-state index in [0.717, 1.165) is 0 Å². The Kier molecular flexibility index (Phi) is 5.64. The molecule has 0 aromatic heterocycles. The molecule has 0 saturated heterocycles. The molecule has 0 nitrogen and oxygen atoms in total. The van der Waals surface area contributed by atoms with Crippen LogP contribution in [0.25, 0.3) is 0 Å². The van der Waals surface area contributed by atoms with E-state index < -0.39 is 0 Å². The minimum atomic E-state index is 1.28. The van der Waals surface area contributed by atoms with Crippen LogP contribution in [0.4, 0.5) is 0 Å². The third-order valence-electron chi connectivity index (χ3n) is 1.77. The third kappa shape index (κ3) is 4.22. The Morgan fingerprint density at radius 2 is 0.933 bits per heavy atom. The van der Waals surface area contributed by atoms with Gasteiger partial charge >= 0.3 is 0 Å². The van der Waals surface area contributed by atoms with Gasteiger partial charge in [0, 0.05) is 11.8 Å². The summed E-state index contributed by atoms with van der Waals surface area (Å²) in [5.74, 6) is 0. The fraction of sp³-hybridized carbons (Fsp3) is 0.143. The van der Waals surface area contributed by atoms with Gasteiger partial charge in [-0.15, -0.1) is 0 Å². The van der Waals surface area contributed by atoms with Gasteiger partial charge in [0.05, 0.1) is 0 Å². The van der Waals surface area contributed by atoms with Crippen molar-refractivity contribution >= 4 is 11.8 Å². The van der Waals surface area contributed by atoms with E-state index in [1.54, 1.807) is 0 Å². The highest BCUT2D eigenvalue weighted by Crippen LogP contribution is 2.10. The molecule has 0 aliphatic rings. The molecule has 15 heavy (non-hydrogen) atoms. The highest BCUT2D eigenvalue weighted by molar-refractivity contribution is 7.78. The molecule has 0 radical (unpaired) electrons. The lowest BCUT2D eigenvalue weighted by molar-refractivity contribution is 1.40. The van der Waals surface area contributed by atoms with Crippen LogP contribution in [-0.2, 0) is 11.8 Å². The highest BCUT2D eigenvalue weighted by Gasteiger charge is 2.03. The summed E-state index contributed by atoms with van der Waals surface area (Å²) in [7, 11) is 0. The molecule has 0 aliphatic carbocycles. The van der Waals surface area contributed by atoms with Gasteiger partial charge in [-0.1, -0.05) is 50.2 Å². The van der Waals surface area contributed by atoms with Crippen LogP contribution in [0.1, 0.15) is 13.8 Å². The van der Waals surface area contributed by atoms with E-state index in [-0.39, 0.29) is 0 Å². The Labute approximate surface area is 96.3 Å². The number of benzene rings is 2. The second-order valence-corrected chi connectivity index (χ2v) is 4.04. The summed E-state index contributed by atoms with van der Waals surface area (Å²) in [6, 6.07) is 21.0. The number of thiol groups is 1. The fourth-order valence-corrected chi connectivity index (χ4v) is 2.09. The fourth-order valence-electron chi connectivity index (χ4n) is 1.15. The monoisotopic (exact) mass is 217 g/mol. The Morgan fingerprint density at radius 3 is 1.27 bits per heavy atom. The van der Waals surface area contributed by atoms with E-state index in [1.807, 2.05) is 26.0 Å². The third-order valence-corrected chi connectivity index (χ3v) is 2.88. The molecule has 0 fully saturated rings. The molecule has 78 valence electrons. The SMILES string of the molecule is CC.c1ccc([SH+]c2ccccc2)cc1. The van der Waals surface area contributed by atoms with Crippen molar-refractivity contribution in [3.8, 4) is 0 Å². The molecule has 1 heteroatoms. The molecule has 0 N–H and O–H groups in total. The summed E-state index contributed by atoms with van der Waals surface area (Å²) in [5.41, 5.74) is 0. The molecule has 2 aromatic carbocycles. The number of hydrogen-bond donors (Lipinski definition) is 0. The number of hydrogen-bond acceptors (Lipinski definition) is 0. The molecule has 0 heterocycles. The standard InChI is InChI=1S/C12H10S.C2H6/c1-3-7-11(8-4-1)13-12-9-5-2-6-10-12;1-2/h1-10H;1-2H3/p+1. The average Bonchev–Trinajstić information content (AvgIpc) is 2.34. The van der Waals surface area contributed by atoms with Crippen molar-refractivity contribution in [3.05, 3.63) is 60.7 Å². The summed E-state index contributed by atoms with van der Waals surface area (Å²) in [6.45, 7) is 4.00. The Bertz CT molecular complexity index is 316. The van der Waals surface area contributed by atoms with Crippen molar-refractivity contribution in [2.45, 2.75) is 23.6 Å². The quantitative estimate of drug-likeness (QED) is 0.528. The maximum absolute atomic E-state index is 2.15. The predicted molar refractivity (Wildman–Crippen MR) is 69.5 cm³/mol. The minimum absolute atomic E-state index is 1.28. The van der Waals surface area contributed by atoms with E-state index in [2.05, 4.69) is 48.5 Å². The molecule has 0 aliphatic heterocycles.